The first-order valence-corrected chi connectivity index (χ1v) is 5.49. The minimum atomic E-state index is -0.833. The van der Waals surface area contributed by atoms with Crippen LogP contribution in [0.4, 0.5) is 0 Å². The molecule has 22 heavy (non-hydrogen) atoms. The van der Waals surface area contributed by atoms with Crippen molar-refractivity contribution in [2.24, 2.45) is 11.5 Å². The van der Waals surface area contributed by atoms with E-state index in [9.17, 15) is 0 Å². The molecule has 0 aromatic carbocycles. The molecule has 0 aliphatic rings. The predicted octanol–water partition coefficient (Wildman–Crippen LogP) is -0.821. The van der Waals surface area contributed by atoms with Crippen molar-refractivity contribution in [3.63, 3.8) is 0 Å². The quantitative estimate of drug-likeness (QED) is 0.326. The topological polar surface area (TPSA) is 233 Å². The van der Waals surface area contributed by atoms with Crippen molar-refractivity contribution in [2.75, 3.05) is 0 Å². The molecule has 0 aliphatic heterocycles. The van der Waals surface area contributed by atoms with Crippen molar-refractivity contribution in [1.29, 1.82) is 0 Å². The maximum atomic E-state index is 9.00. The Hall–Kier alpha value is -2.24. The Morgan fingerprint density at radius 2 is 0.773 bits per heavy atom. The minimum Gasteiger partial charge on any atom is -0.481 e. The van der Waals surface area contributed by atoms with Crippen LogP contribution in [0.3, 0.4) is 0 Å². The van der Waals surface area contributed by atoms with Crippen LogP contribution in [-0.4, -0.2) is 55.9 Å². The van der Waals surface area contributed by atoms with Gasteiger partial charge in [0.2, 0.25) is 0 Å². The van der Waals surface area contributed by atoms with E-state index in [1.165, 1.54) is 0 Å². The Morgan fingerprint density at radius 3 is 0.773 bits per heavy atom. The van der Waals surface area contributed by atoms with Gasteiger partial charge in [0, 0.05) is 27.7 Å². The Kier molecular flexibility index (Phi) is 52.2. The largest absolute Gasteiger partial charge is 0.481 e. The summed E-state index contributed by atoms with van der Waals surface area (Å²) in [6.07, 6.45) is 0.745. The molecule has 0 atom stereocenters. The summed E-state index contributed by atoms with van der Waals surface area (Å²) >= 11 is 0. The van der Waals surface area contributed by atoms with E-state index in [1.807, 2.05) is 6.92 Å². The molecule has 0 unspecified atom stereocenters. The molecule has 0 radical (unpaired) electrons. The Labute approximate surface area is 128 Å². The number of carbonyl (C=O) groups is 4. The highest BCUT2D eigenvalue weighted by Crippen LogP contribution is 1.68. The first-order valence-electron chi connectivity index (χ1n) is 5.49. The predicted molar refractivity (Wildman–Crippen MR) is 79.3 cm³/mol. The molecule has 0 aromatic heterocycles. The van der Waals surface area contributed by atoms with E-state index in [0.29, 0.717) is 0 Å². The molecule has 0 bridgehead atoms. The van der Waals surface area contributed by atoms with Gasteiger partial charge >= 0.3 is 0 Å². The van der Waals surface area contributed by atoms with E-state index in [1.54, 1.807) is 0 Å². The van der Waals surface area contributed by atoms with Gasteiger partial charge in [0.05, 0.1) is 6.17 Å². The zero-order valence-electron chi connectivity index (χ0n) is 13.4. The number of aliphatic carboxylic acids is 4. The first kappa shape index (κ1) is 36.7. The van der Waals surface area contributed by atoms with Crippen LogP contribution in [-0.2, 0) is 19.2 Å². The number of hydrogen-bond acceptors (Lipinski definition) is 6. The van der Waals surface area contributed by atoms with E-state index >= 15 is 0 Å². The Bertz CT molecular complexity index is 217. The standard InChI is InChI=1S/C3H10N2.4C2H4O2.H2O/c1-2-3(4)5;4*1-2(3)4;/h3H,2,4-5H2,1H3;4*1H3,(H,3,4);1H2. The number of carboxylic acid groups (broad SMARTS) is 4. The van der Waals surface area contributed by atoms with E-state index in [4.69, 9.17) is 51.1 Å². The van der Waals surface area contributed by atoms with Crippen LogP contribution in [0.1, 0.15) is 41.0 Å². The molecule has 0 saturated carbocycles. The normalized spacial score (nSPS) is 6.73. The summed E-state index contributed by atoms with van der Waals surface area (Å²) in [5.41, 5.74) is 10.1. The van der Waals surface area contributed by atoms with E-state index in [2.05, 4.69) is 0 Å². The first-order chi connectivity index (χ1) is 9.20. The Balaban J connectivity index is -0.0000000361. The van der Waals surface area contributed by atoms with Crippen molar-refractivity contribution in [1.82, 2.24) is 0 Å². The lowest BCUT2D eigenvalue weighted by molar-refractivity contribution is -0.135. The summed E-state index contributed by atoms with van der Waals surface area (Å²) in [6.45, 7) is 6.28. The third-order valence-electron chi connectivity index (χ3n) is 0.471. The van der Waals surface area contributed by atoms with Crippen LogP contribution in [0.25, 0.3) is 0 Å². The second kappa shape index (κ2) is 31.3. The molecule has 0 spiro atoms. The lowest BCUT2D eigenvalue weighted by Crippen LogP contribution is -2.28. The fourth-order valence-corrected chi connectivity index (χ4v) is 0. The molecule has 0 fully saturated rings. The molecular formula is C11H28N2O9. The number of hydrogen-bond donors (Lipinski definition) is 6. The zero-order valence-corrected chi connectivity index (χ0v) is 13.4. The second-order valence-corrected chi connectivity index (χ2v) is 3.15. The Morgan fingerprint density at radius 1 is 0.727 bits per heavy atom. The lowest BCUT2D eigenvalue weighted by Gasteiger charge is -1.92. The smallest absolute Gasteiger partial charge is 0.300 e. The monoisotopic (exact) mass is 332 g/mol. The summed E-state index contributed by atoms with van der Waals surface area (Å²) in [7, 11) is 0. The maximum Gasteiger partial charge on any atom is 0.300 e. The van der Waals surface area contributed by atoms with Crippen molar-refractivity contribution in [3.05, 3.63) is 0 Å². The van der Waals surface area contributed by atoms with Gasteiger partial charge in [-0.25, -0.2) is 0 Å². The molecule has 0 rings (SSSR count). The van der Waals surface area contributed by atoms with Crippen LogP contribution in [0.2, 0.25) is 0 Å². The van der Waals surface area contributed by atoms with E-state index in [0.717, 1.165) is 34.1 Å². The third-order valence-corrected chi connectivity index (χ3v) is 0.471. The highest BCUT2D eigenvalue weighted by Gasteiger charge is 1.79. The van der Waals surface area contributed by atoms with Gasteiger partial charge in [0.1, 0.15) is 0 Å². The van der Waals surface area contributed by atoms with Crippen LogP contribution in [0.15, 0.2) is 0 Å². The minimum absolute atomic E-state index is 0. The fourth-order valence-electron chi connectivity index (χ4n) is 0. The second-order valence-electron chi connectivity index (χ2n) is 3.15. The molecule has 0 aromatic rings. The van der Waals surface area contributed by atoms with Gasteiger partial charge < -0.3 is 37.4 Å². The highest BCUT2D eigenvalue weighted by atomic mass is 16.4. The molecule has 10 N–H and O–H groups in total. The number of rotatable bonds is 1. The van der Waals surface area contributed by atoms with Gasteiger partial charge in [-0.1, -0.05) is 6.92 Å². The van der Waals surface area contributed by atoms with Gasteiger partial charge in [-0.15, -0.1) is 0 Å². The number of carboxylic acids is 4. The zero-order chi connectivity index (χ0) is 18.6. The molecule has 11 heteroatoms. The molecule has 0 amide bonds. The highest BCUT2D eigenvalue weighted by molar-refractivity contribution is 5.63. The van der Waals surface area contributed by atoms with Crippen molar-refractivity contribution in [2.45, 2.75) is 47.2 Å². The number of nitrogens with two attached hydrogens (primary N) is 2. The van der Waals surface area contributed by atoms with Gasteiger partial charge in [-0.3, -0.25) is 19.2 Å². The fraction of sp³-hybridized carbons (Fsp3) is 0.636. The van der Waals surface area contributed by atoms with E-state index < -0.39 is 23.9 Å². The molecule has 136 valence electrons. The summed E-state index contributed by atoms with van der Waals surface area (Å²) < 4.78 is 0. The summed E-state index contributed by atoms with van der Waals surface area (Å²) in [4.78, 5) is 36.0. The summed E-state index contributed by atoms with van der Waals surface area (Å²) in [5, 5.41) is 29.7. The van der Waals surface area contributed by atoms with Crippen molar-refractivity contribution >= 4 is 23.9 Å². The van der Waals surface area contributed by atoms with Crippen molar-refractivity contribution in [3.8, 4) is 0 Å². The van der Waals surface area contributed by atoms with Crippen LogP contribution < -0.4 is 11.5 Å². The molecule has 0 aliphatic carbocycles. The summed E-state index contributed by atoms with van der Waals surface area (Å²) in [6, 6.07) is 0. The van der Waals surface area contributed by atoms with Gasteiger partial charge in [-0.05, 0) is 6.42 Å². The van der Waals surface area contributed by atoms with Crippen LogP contribution in [0, 0.1) is 0 Å². The average molecular weight is 332 g/mol. The maximum absolute atomic E-state index is 9.00. The van der Waals surface area contributed by atoms with Crippen LogP contribution in [0.5, 0.6) is 0 Å². The van der Waals surface area contributed by atoms with Crippen LogP contribution >= 0.6 is 0 Å². The molecule has 0 heterocycles. The van der Waals surface area contributed by atoms with Gasteiger partial charge in [0.25, 0.3) is 23.9 Å². The summed E-state index contributed by atoms with van der Waals surface area (Å²) in [5.74, 6) is -3.33. The molecule has 0 saturated heterocycles. The van der Waals surface area contributed by atoms with Gasteiger partial charge in [0.15, 0.2) is 0 Å². The van der Waals surface area contributed by atoms with E-state index in [-0.39, 0.29) is 11.6 Å². The third kappa shape index (κ3) is 86600. The van der Waals surface area contributed by atoms with Gasteiger partial charge in [-0.2, -0.15) is 0 Å². The lowest BCUT2D eigenvalue weighted by atomic mass is 10.4. The molecule has 11 nitrogen and oxygen atoms in total. The SMILES string of the molecule is CC(=O)O.CC(=O)O.CC(=O)O.CC(=O)O.CCC(N)N.O. The molecular weight excluding hydrogens is 304 g/mol. The average Bonchev–Trinajstić information content (AvgIpc) is 2.13. The van der Waals surface area contributed by atoms with Crippen molar-refractivity contribution < 1.29 is 45.1 Å².